The van der Waals surface area contributed by atoms with E-state index in [0.29, 0.717) is 31.1 Å². The fourth-order valence-corrected chi connectivity index (χ4v) is 5.21. The molecule has 3 heterocycles. The molecule has 4 amide bonds. The minimum absolute atomic E-state index is 0.167. The minimum Gasteiger partial charge on any atom is -0.497 e. The van der Waals surface area contributed by atoms with Crippen molar-refractivity contribution in [2.45, 2.75) is 45.4 Å². The maximum atomic E-state index is 13.7. The van der Waals surface area contributed by atoms with Crippen LogP contribution in [0.15, 0.2) is 54.9 Å². The van der Waals surface area contributed by atoms with Gasteiger partial charge in [-0.3, -0.25) is 24.5 Å². The number of ether oxygens (including phenoxy) is 2. The molecule has 10 heteroatoms. The van der Waals surface area contributed by atoms with Gasteiger partial charge in [-0.1, -0.05) is 30.3 Å². The molecule has 1 aromatic heterocycles. The molecule has 0 bridgehead atoms. The number of rotatable bonds is 5. The van der Waals surface area contributed by atoms with E-state index in [1.165, 1.54) is 4.90 Å². The zero-order valence-electron chi connectivity index (χ0n) is 23.3. The summed E-state index contributed by atoms with van der Waals surface area (Å²) in [5.41, 5.74) is 1.77. The lowest BCUT2D eigenvalue weighted by Gasteiger charge is -2.38. The average Bonchev–Trinajstić information content (AvgIpc) is 2.94. The number of nitrogens with one attached hydrogen (secondary N) is 1. The third-order valence-corrected chi connectivity index (χ3v) is 7.15. The number of aromatic nitrogens is 1. The van der Waals surface area contributed by atoms with Crippen LogP contribution in [0.2, 0.25) is 0 Å². The van der Waals surface area contributed by atoms with Crippen molar-refractivity contribution < 1.29 is 23.9 Å². The SMILES string of the molecule is COc1ccc(CN2C(=O)CCN(c3cncc4c(C5CNCCN5C(=O)OC(C)(C)C)cccc34)C2=O)cc1. The molecule has 0 spiro atoms. The number of imide groups is 1. The lowest BCUT2D eigenvalue weighted by Crippen LogP contribution is -2.52. The fourth-order valence-electron chi connectivity index (χ4n) is 5.21. The number of fused-ring (bicyclic) bond motifs is 1. The molecule has 40 heavy (non-hydrogen) atoms. The summed E-state index contributed by atoms with van der Waals surface area (Å²) in [7, 11) is 1.59. The number of pyridine rings is 1. The first-order valence-electron chi connectivity index (χ1n) is 13.5. The number of carbonyl (C=O) groups excluding carboxylic acids is 3. The molecule has 1 unspecified atom stereocenters. The van der Waals surface area contributed by atoms with Gasteiger partial charge in [0, 0.05) is 49.6 Å². The molecule has 10 nitrogen and oxygen atoms in total. The first-order chi connectivity index (χ1) is 19.2. The first kappa shape index (κ1) is 27.4. The molecule has 0 radical (unpaired) electrons. The number of nitrogens with zero attached hydrogens (tertiary/aromatic N) is 4. The van der Waals surface area contributed by atoms with E-state index >= 15 is 0 Å². The Morgan fingerprint density at radius 1 is 1.05 bits per heavy atom. The third kappa shape index (κ3) is 5.58. The molecule has 0 saturated carbocycles. The van der Waals surface area contributed by atoms with Crippen molar-refractivity contribution in [3.05, 3.63) is 66.0 Å². The fraction of sp³-hybridized carbons (Fsp3) is 0.400. The van der Waals surface area contributed by atoms with Gasteiger partial charge >= 0.3 is 12.1 Å². The topological polar surface area (TPSA) is 104 Å². The van der Waals surface area contributed by atoms with Crippen LogP contribution < -0.4 is 15.0 Å². The standard InChI is InChI=1S/C30H35N5O5/c1-30(2,3)40-29(38)34-15-13-31-17-26(34)23-7-5-6-22-24(23)16-32-18-25(22)33-14-12-27(36)35(28(33)37)19-20-8-10-21(39-4)11-9-20/h5-11,16,18,26,31H,12-15,17,19H2,1-4H3. The number of benzene rings is 2. The summed E-state index contributed by atoms with van der Waals surface area (Å²) in [5.74, 6) is 0.491. The van der Waals surface area contributed by atoms with Crippen LogP contribution in [-0.4, -0.2) is 71.7 Å². The van der Waals surface area contributed by atoms with Crippen molar-refractivity contribution in [2.24, 2.45) is 0 Å². The van der Waals surface area contributed by atoms with E-state index in [-0.39, 0.29) is 43.6 Å². The highest BCUT2D eigenvalue weighted by molar-refractivity contribution is 6.10. The predicted molar refractivity (Wildman–Crippen MR) is 151 cm³/mol. The molecule has 2 aromatic carbocycles. The van der Waals surface area contributed by atoms with E-state index < -0.39 is 5.60 Å². The van der Waals surface area contributed by atoms with Crippen LogP contribution in [0.3, 0.4) is 0 Å². The Labute approximate surface area is 233 Å². The highest BCUT2D eigenvalue weighted by atomic mass is 16.6. The van der Waals surface area contributed by atoms with Crippen LogP contribution >= 0.6 is 0 Å². The molecule has 3 aromatic rings. The molecule has 1 N–H and O–H groups in total. The average molecular weight is 546 g/mol. The molecule has 2 fully saturated rings. The van der Waals surface area contributed by atoms with Crippen LogP contribution in [0.1, 0.15) is 44.4 Å². The van der Waals surface area contributed by atoms with Gasteiger partial charge in [-0.2, -0.15) is 0 Å². The van der Waals surface area contributed by atoms with Gasteiger partial charge in [-0.15, -0.1) is 0 Å². The summed E-state index contributed by atoms with van der Waals surface area (Å²) in [4.78, 5) is 48.7. The van der Waals surface area contributed by atoms with Crippen molar-refractivity contribution in [3.63, 3.8) is 0 Å². The van der Waals surface area contributed by atoms with E-state index in [2.05, 4.69) is 10.3 Å². The van der Waals surface area contributed by atoms with E-state index in [1.807, 2.05) is 63.2 Å². The molecular weight excluding hydrogens is 510 g/mol. The quantitative estimate of drug-likeness (QED) is 0.504. The number of hydrogen-bond acceptors (Lipinski definition) is 7. The summed E-state index contributed by atoms with van der Waals surface area (Å²) in [6.07, 6.45) is 3.27. The molecular formula is C30H35N5O5. The Morgan fingerprint density at radius 2 is 1.82 bits per heavy atom. The molecule has 1 atom stereocenters. The largest absolute Gasteiger partial charge is 0.497 e. The summed E-state index contributed by atoms with van der Waals surface area (Å²) in [6.45, 7) is 7.74. The summed E-state index contributed by atoms with van der Waals surface area (Å²) >= 11 is 0. The smallest absolute Gasteiger partial charge is 0.410 e. The van der Waals surface area contributed by atoms with E-state index in [1.54, 1.807) is 29.3 Å². The number of carbonyl (C=O) groups is 3. The van der Waals surface area contributed by atoms with Gasteiger partial charge in [0.2, 0.25) is 5.91 Å². The Morgan fingerprint density at radius 3 is 2.55 bits per heavy atom. The van der Waals surface area contributed by atoms with E-state index in [0.717, 1.165) is 21.9 Å². The van der Waals surface area contributed by atoms with Crippen LogP contribution in [-0.2, 0) is 16.1 Å². The summed E-state index contributed by atoms with van der Waals surface area (Å²) in [5, 5.41) is 5.05. The minimum atomic E-state index is -0.607. The van der Waals surface area contributed by atoms with Gasteiger partial charge in [0.15, 0.2) is 0 Å². The van der Waals surface area contributed by atoms with Gasteiger partial charge in [0.25, 0.3) is 0 Å². The second-order valence-electron chi connectivity index (χ2n) is 11.0. The Bertz CT molecular complexity index is 1420. The Hall–Kier alpha value is -4.18. The molecule has 0 aliphatic carbocycles. The number of amides is 4. The van der Waals surface area contributed by atoms with Crippen LogP contribution in [0.25, 0.3) is 10.8 Å². The molecule has 2 saturated heterocycles. The maximum Gasteiger partial charge on any atom is 0.410 e. The van der Waals surface area contributed by atoms with E-state index in [9.17, 15) is 14.4 Å². The van der Waals surface area contributed by atoms with Crippen LogP contribution in [0.4, 0.5) is 15.3 Å². The summed E-state index contributed by atoms with van der Waals surface area (Å²) in [6, 6.07) is 12.5. The van der Waals surface area contributed by atoms with Gasteiger partial charge in [0.05, 0.1) is 31.6 Å². The van der Waals surface area contributed by atoms with Gasteiger partial charge in [-0.25, -0.2) is 9.59 Å². The molecule has 210 valence electrons. The number of urea groups is 1. The number of anilines is 1. The van der Waals surface area contributed by atoms with E-state index in [4.69, 9.17) is 9.47 Å². The van der Waals surface area contributed by atoms with Crippen molar-refractivity contribution in [3.8, 4) is 5.75 Å². The number of methoxy groups -OCH3 is 1. The highest BCUT2D eigenvalue weighted by Gasteiger charge is 2.35. The summed E-state index contributed by atoms with van der Waals surface area (Å²) < 4.78 is 10.9. The zero-order chi connectivity index (χ0) is 28.4. The molecule has 2 aliphatic heterocycles. The zero-order valence-corrected chi connectivity index (χ0v) is 23.3. The van der Waals surface area contributed by atoms with Gasteiger partial charge in [-0.05, 0) is 44.0 Å². The monoisotopic (exact) mass is 545 g/mol. The van der Waals surface area contributed by atoms with Crippen LogP contribution in [0.5, 0.6) is 5.75 Å². The Kier molecular flexibility index (Phi) is 7.62. The second-order valence-corrected chi connectivity index (χ2v) is 11.0. The van der Waals surface area contributed by atoms with Gasteiger partial charge in [0.1, 0.15) is 11.4 Å². The normalized spacial score (nSPS) is 18.3. The number of piperazine rings is 1. The Balaban J connectivity index is 1.46. The third-order valence-electron chi connectivity index (χ3n) is 7.15. The first-order valence-corrected chi connectivity index (χ1v) is 13.5. The van der Waals surface area contributed by atoms with Crippen molar-refractivity contribution in [2.75, 3.05) is 38.2 Å². The lowest BCUT2D eigenvalue weighted by atomic mass is 9.97. The van der Waals surface area contributed by atoms with Crippen molar-refractivity contribution in [1.82, 2.24) is 20.1 Å². The lowest BCUT2D eigenvalue weighted by molar-refractivity contribution is -0.129. The number of hydrogen-bond donors (Lipinski definition) is 1. The van der Waals surface area contributed by atoms with Crippen LogP contribution in [0, 0.1) is 0 Å². The molecule has 5 rings (SSSR count). The highest BCUT2D eigenvalue weighted by Crippen LogP contribution is 2.35. The van der Waals surface area contributed by atoms with Crippen molar-refractivity contribution >= 4 is 34.5 Å². The van der Waals surface area contributed by atoms with Crippen molar-refractivity contribution in [1.29, 1.82) is 0 Å². The maximum absolute atomic E-state index is 13.7. The molecule has 2 aliphatic rings. The van der Waals surface area contributed by atoms with Gasteiger partial charge < -0.3 is 14.8 Å². The predicted octanol–water partition coefficient (Wildman–Crippen LogP) is 4.48. The second kappa shape index (κ2) is 11.1.